The van der Waals surface area contributed by atoms with Crippen molar-refractivity contribution in [2.75, 3.05) is 32.6 Å². The first-order valence-corrected chi connectivity index (χ1v) is 8.98. The van der Waals surface area contributed by atoms with Gasteiger partial charge in [0.05, 0.1) is 12.3 Å². The lowest BCUT2D eigenvalue weighted by Gasteiger charge is -2.22. The summed E-state index contributed by atoms with van der Waals surface area (Å²) in [5.41, 5.74) is 1.13. The van der Waals surface area contributed by atoms with Crippen molar-refractivity contribution in [3.63, 3.8) is 0 Å². The second-order valence-corrected chi connectivity index (χ2v) is 7.90. The van der Waals surface area contributed by atoms with Gasteiger partial charge in [0.2, 0.25) is 0 Å². The molecule has 20 heavy (non-hydrogen) atoms. The third-order valence-corrected chi connectivity index (χ3v) is 4.18. The van der Waals surface area contributed by atoms with Crippen molar-refractivity contribution in [1.29, 1.82) is 0 Å². The first-order valence-electron chi connectivity index (χ1n) is 6.13. The molecule has 0 unspecified atom stereocenters. The van der Waals surface area contributed by atoms with Crippen LogP contribution in [0.15, 0.2) is 21.7 Å². The molecule has 0 spiro atoms. The number of guanidine groups is 1. The predicted octanol–water partition coefficient (Wildman–Crippen LogP) is 0.839. The van der Waals surface area contributed by atoms with E-state index in [1.165, 1.54) is 6.26 Å². The van der Waals surface area contributed by atoms with Gasteiger partial charge in [-0.1, -0.05) is 0 Å². The van der Waals surface area contributed by atoms with Crippen molar-refractivity contribution in [2.24, 2.45) is 12.0 Å². The van der Waals surface area contributed by atoms with Crippen LogP contribution in [0, 0.1) is 0 Å². The highest BCUT2D eigenvalue weighted by Gasteiger charge is 2.10. The number of nitrogens with one attached hydrogen (secondary N) is 1. The molecule has 0 saturated heterocycles. The number of halogens is 1. The van der Waals surface area contributed by atoms with E-state index >= 15 is 0 Å². The number of hydrogen-bond donors (Lipinski definition) is 1. The van der Waals surface area contributed by atoms with Crippen LogP contribution >= 0.6 is 15.9 Å². The lowest BCUT2D eigenvalue weighted by molar-refractivity contribution is 0.463. The molecule has 1 aromatic rings. The zero-order chi connectivity index (χ0) is 15.3. The van der Waals surface area contributed by atoms with Crippen LogP contribution in [0.4, 0.5) is 0 Å². The maximum Gasteiger partial charge on any atom is 0.193 e. The van der Waals surface area contributed by atoms with Crippen molar-refractivity contribution < 1.29 is 8.42 Å². The molecule has 1 aromatic heterocycles. The minimum absolute atomic E-state index is 0.0928. The van der Waals surface area contributed by atoms with Gasteiger partial charge in [0.1, 0.15) is 9.84 Å². The molecule has 0 aliphatic carbocycles. The molecular formula is C12H21BrN4O2S. The van der Waals surface area contributed by atoms with E-state index in [9.17, 15) is 8.42 Å². The van der Waals surface area contributed by atoms with Crippen LogP contribution in [0.1, 0.15) is 5.69 Å². The summed E-state index contributed by atoms with van der Waals surface area (Å²) in [5, 5.41) is 3.05. The van der Waals surface area contributed by atoms with Gasteiger partial charge >= 0.3 is 0 Å². The maximum atomic E-state index is 11.1. The van der Waals surface area contributed by atoms with Crippen LogP contribution in [0.2, 0.25) is 0 Å². The first kappa shape index (κ1) is 17.0. The number of aryl methyl sites for hydroxylation is 1. The molecule has 0 bridgehead atoms. The molecule has 0 saturated carbocycles. The number of hydrogen-bond acceptors (Lipinski definition) is 3. The van der Waals surface area contributed by atoms with Crippen LogP contribution in [-0.2, 0) is 23.4 Å². The van der Waals surface area contributed by atoms with Crippen LogP contribution in [0.25, 0.3) is 0 Å². The summed E-state index contributed by atoms with van der Waals surface area (Å²) in [5.74, 6) is 0.765. The fourth-order valence-electron chi connectivity index (χ4n) is 1.77. The topological polar surface area (TPSA) is 66.7 Å². The molecule has 0 amide bonds. The molecule has 8 heteroatoms. The van der Waals surface area contributed by atoms with Crippen molar-refractivity contribution >= 4 is 31.7 Å². The monoisotopic (exact) mass is 364 g/mol. The summed E-state index contributed by atoms with van der Waals surface area (Å²) in [6.45, 7) is 1.04. The smallest absolute Gasteiger partial charge is 0.193 e. The summed E-state index contributed by atoms with van der Waals surface area (Å²) in [7, 11) is 2.61. The third kappa shape index (κ3) is 5.54. The highest BCUT2D eigenvalue weighted by Crippen LogP contribution is 2.14. The Morgan fingerprint density at radius 2 is 2.20 bits per heavy atom. The van der Waals surface area contributed by atoms with E-state index in [2.05, 4.69) is 26.2 Å². The van der Waals surface area contributed by atoms with Gasteiger partial charge in [-0.05, 0) is 22.0 Å². The zero-order valence-electron chi connectivity index (χ0n) is 12.2. The number of aliphatic imine (C=N–C) groups is 1. The van der Waals surface area contributed by atoms with E-state index in [-0.39, 0.29) is 5.75 Å². The average molecular weight is 365 g/mol. The molecule has 0 radical (unpaired) electrons. The van der Waals surface area contributed by atoms with E-state index in [1.54, 1.807) is 7.05 Å². The molecule has 1 rings (SSSR count). The quantitative estimate of drug-likeness (QED) is 0.620. The number of nitrogens with zero attached hydrogens (tertiary/aromatic N) is 3. The molecule has 0 aliphatic heterocycles. The van der Waals surface area contributed by atoms with Gasteiger partial charge in [-0.25, -0.2) is 8.42 Å². The fourth-order valence-corrected chi connectivity index (χ4v) is 2.82. The fraction of sp³-hybridized carbons (Fsp3) is 0.583. The maximum absolute atomic E-state index is 11.1. The molecule has 1 N–H and O–H groups in total. The average Bonchev–Trinajstić information content (AvgIpc) is 2.62. The van der Waals surface area contributed by atoms with Crippen molar-refractivity contribution in [2.45, 2.75) is 6.54 Å². The minimum Gasteiger partial charge on any atom is -0.355 e. The van der Waals surface area contributed by atoms with Crippen LogP contribution in [0.3, 0.4) is 0 Å². The Hall–Kier alpha value is -1.02. The zero-order valence-corrected chi connectivity index (χ0v) is 14.6. The molecule has 6 nitrogen and oxygen atoms in total. The summed E-state index contributed by atoms with van der Waals surface area (Å²) in [6, 6.07) is 2.04. The minimum atomic E-state index is -2.96. The van der Waals surface area contributed by atoms with Crippen molar-refractivity contribution in [1.82, 2.24) is 14.8 Å². The highest BCUT2D eigenvalue weighted by atomic mass is 79.9. The van der Waals surface area contributed by atoms with Gasteiger partial charge in [0.15, 0.2) is 5.96 Å². The van der Waals surface area contributed by atoms with E-state index in [4.69, 9.17) is 0 Å². The Morgan fingerprint density at radius 3 is 2.65 bits per heavy atom. The Labute approximate surface area is 128 Å². The van der Waals surface area contributed by atoms with Gasteiger partial charge in [0.25, 0.3) is 0 Å². The predicted molar refractivity (Wildman–Crippen MR) is 85.7 cm³/mol. The van der Waals surface area contributed by atoms with Gasteiger partial charge in [-0.2, -0.15) is 0 Å². The van der Waals surface area contributed by atoms with Crippen molar-refractivity contribution in [3.8, 4) is 0 Å². The van der Waals surface area contributed by atoms with E-state index in [0.29, 0.717) is 19.0 Å². The normalized spacial score (nSPS) is 12.6. The summed E-state index contributed by atoms with van der Waals surface area (Å²) >= 11 is 3.44. The van der Waals surface area contributed by atoms with Gasteiger partial charge < -0.3 is 14.8 Å². The Balaban J connectivity index is 2.59. The second kappa shape index (κ2) is 7.12. The van der Waals surface area contributed by atoms with Crippen molar-refractivity contribution in [3.05, 3.63) is 22.4 Å². The molecule has 0 atom stereocenters. The van der Waals surface area contributed by atoms with E-state index in [1.807, 2.05) is 35.8 Å². The van der Waals surface area contributed by atoms with Gasteiger partial charge in [0, 0.05) is 50.3 Å². The van der Waals surface area contributed by atoms with Crippen LogP contribution in [-0.4, -0.2) is 56.5 Å². The second-order valence-electron chi connectivity index (χ2n) is 4.72. The van der Waals surface area contributed by atoms with Crippen LogP contribution < -0.4 is 5.32 Å². The van der Waals surface area contributed by atoms with Gasteiger partial charge in [-0.3, -0.25) is 4.99 Å². The molecule has 114 valence electrons. The Morgan fingerprint density at radius 1 is 1.55 bits per heavy atom. The third-order valence-electron chi connectivity index (χ3n) is 2.80. The van der Waals surface area contributed by atoms with E-state index < -0.39 is 9.84 Å². The number of rotatable bonds is 5. The number of sulfone groups is 1. The Kier molecular flexibility index (Phi) is 6.07. The SMILES string of the molecule is CN=C(NCCS(C)(=O)=O)N(C)Cc1cc(Br)cn1C. The molecule has 1 heterocycles. The van der Waals surface area contributed by atoms with E-state index in [0.717, 1.165) is 10.2 Å². The number of aromatic nitrogens is 1. The highest BCUT2D eigenvalue weighted by molar-refractivity contribution is 9.10. The molecular weight excluding hydrogens is 344 g/mol. The standard InChI is InChI=1S/C12H21BrN4O2S/c1-14-12(15-5-6-20(4,18)19)17(3)9-11-7-10(13)8-16(11)2/h7-8H,5-6,9H2,1-4H3,(H,14,15). The molecule has 0 aromatic carbocycles. The Bertz CT molecular complexity index is 580. The summed E-state index contributed by atoms with van der Waals surface area (Å²) < 4.78 is 25.3. The lowest BCUT2D eigenvalue weighted by Crippen LogP contribution is -2.40. The first-order chi connectivity index (χ1) is 9.23. The summed E-state index contributed by atoms with van der Waals surface area (Å²) in [6.07, 6.45) is 3.21. The largest absolute Gasteiger partial charge is 0.355 e. The van der Waals surface area contributed by atoms with Gasteiger partial charge in [-0.15, -0.1) is 0 Å². The lowest BCUT2D eigenvalue weighted by atomic mass is 10.4. The summed E-state index contributed by atoms with van der Waals surface area (Å²) in [4.78, 5) is 6.10. The molecule has 0 fully saturated rings. The molecule has 0 aliphatic rings. The van der Waals surface area contributed by atoms with Crippen LogP contribution in [0.5, 0.6) is 0 Å².